The summed E-state index contributed by atoms with van der Waals surface area (Å²) in [5, 5.41) is 1.64. The lowest BCUT2D eigenvalue weighted by atomic mass is 10.1. The summed E-state index contributed by atoms with van der Waals surface area (Å²) < 4.78 is 24.2. The van der Waals surface area contributed by atoms with E-state index >= 15 is 0 Å². The van der Waals surface area contributed by atoms with Gasteiger partial charge in [0.1, 0.15) is 0 Å². The molecule has 1 fully saturated rings. The molecule has 0 bridgehead atoms. The zero-order chi connectivity index (χ0) is 19.0. The summed E-state index contributed by atoms with van der Waals surface area (Å²) in [5.41, 5.74) is 3.59. The summed E-state index contributed by atoms with van der Waals surface area (Å²) in [7, 11) is -3.01. The highest BCUT2D eigenvalue weighted by molar-refractivity contribution is 8.13. The number of fused-ring (bicyclic) bond motifs is 1. The van der Waals surface area contributed by atoms with Gasteiger partial charge in [-0.2, -0.15) is 0 Å². The summed E-state index contributed by atoms with van der Waals surface area (Å²) in [6.07, 6.45) is 0. The van der Waals surface area contributed by atoms with E-state index < -0.39 is 9.84 Å². The van der Waals surface area contributed by atoms with Gasteiger partial charge in [-0.25, -0.2) is 8.42 Å². The molecule has 2 atom stereocenters. The molecule has 2 aliphatic heterocycles. The van der Waals surface area contributed by atoms with Crippen molar-refractivity contribution in [1.29, 1.82) is 0 Å². The van der Waals surface area contributed by atoms with Crippen molar-refractivity contribution in [3.63, 3.8) is 0 Å². The molecule has 142 valence electrons. The van der Waals surface area contributed by atoms with Crippen LogP contribution in [-0.2, 0) is 22.1 Å². The number of halogens is 1. The van der Waals surface area contributed by atoms with Crippen molar-refractivity contribution in [3.05, 3.63) is 70.2 Å². The van der Waals surface area contributed by atoms with Gasteiger partial charge in [-0.3, -0.25) is 4.99 Å². The molecule has 0 radical (unpaired) electrons. The Balaban J connectivity index is 1.54. The summed E-state index contributed by atoms with van der Waals surface area (Å²) in [6.45, 7) is 2.73. The van der Waals surface area contributed by atoms with Crippen molar-refractivity contribution in [1.82, 2.24) is 4.90 Å². The van der Waals surface area contributed by atoms with Crippen LogP contribution >= 0.6 is 23.4 Å². The van der Waals surface area contributed by atoms with Crippen LogP contribution < -0.4 is 0 Å². The van der Waals surface area contributed by atoms with Crippen LogP contribution in [0.3, 0.4) is 0 Å². The molecular weight excluding hydrogens is 400 g/mol. The number of aliphatic imine (C=N–C) groups is 1. The molecule has 0 aliphatic carbocycles. The molecule has 1 saturated heterocycles. The number of hydrogen-bond donors (Lipinski definition) is 0. The van der Waals surface area contributed by atoms with Crippen LogP contribution in [0.4, 0.5) is 0 Å². The minimum Gasteiger partial charge on any atom is -0.341 e. The van der Waals surface area contributed by atoms with Crippen molar-refractivity contribution in [2.75, 3.05) is 11.5 Å². The van der Waals surface area contributed by atoms with Gasteiger partial charge in [0.25, 0.3) is 0 Å². The normalized spacial score (nSPS) is 23.3. The Bertz CT molecular complexity index is 974. The molecule has 7 heteroatoms. The Hall–Kier alpha value is -1.50. The van der Waals surface area contributed by atoms with Crippen molar-refractivity contribution in [2.45, 2.75) is 31.3 Å². The largest absolute Gasteiger partial charge is 0.341 e. The van der Waals surface area contributed by atoms with E-state index in [1.165, 1.54) is 11.1 Å². The zero-order valence-corrected chi connectivity index (χ0v) is 17.4. The van der Waals surface area contributed by atoms with Gasteiger partial charge in [0.05, 0.1) is 23.6 Å². The summed E-state index contributed by atoms with van der Waals surface area (Å²) in [6, 6.07) is 15.9. The first-order valence-electron chi connectivity index (χ1n) is 8.87. The van der Waals surface area contributed by atoms with Crippen molar-refractivity contribution in [3.8, 4) is 0 Å². The quantitative estimate of drug-likeness (QED) is 0.752. The van der Waals surface area contributed by atoms with Crippen LogP contribution in [0.1, 0.15) is 16.7 Å². The smallest absolute Gasteiger partial charge is 0.160 e. The second-order valence-corrected chi connectivity index (χ2v) is 10.7. The van der Waals surface area contributed by atoms with Crippen LogP contribution in [0.25, 0.3) is 0 Å². The molecule has 0 unspecified atom stereocenters. The monoisotopic (exact) mass is 420 g/mol. The number of thioether (sulfide) groups is 1. The van der Waals surface area contributed by atoms with Gasteiger partial charge >= 0.3 is 0 Å². The third-order valence-corrected chi connectivity index (χ3v) is 7.96. The van der Waals surface area contributed by atoms with E-state index in [-0.39, 0.29) is 23.6 Å². The fraction of sp³-hybridized carbons (Fsp3) is 0.350. The number of nitrogens with zero attached hydrogens (tertiary/aromatic N) is 2. The van der Waals surface area contributed by atoms with Crippen LogP contribution in [-0.4, -0.2) is 42.1 Å². The van der Waals surface area contributed by atoms with Crippen LogP contribution in [0.5, 0.6) is 0 Å². The molecule has 0 saturated carbocycles. The van der Waals surface area contributed by atoms with E-state index in [2.05, 4.69) is 36.1 Å². The highest BCUT2D eigenvalue weighted by Crippen LogP contribution is 2.33. The van der Waals surface area contributed by atoms with Gasteiger partial charge in [-0.05, 0) is 30.2 Å². The lowest BCUT2D eigenvalue weighted by Gasteiger charge is -2.26. The first kappa shape index (κ1) is 18.8. The summed E-state index contributed by atoms with van der Waals surface area (Å²) >= 11 is 7.68. The van der Waals surface area contributed by atoms with Crippen molar-refractivity contribution < 1.29 is 8.42 Å². The maximum atomic E-state index is 12.1. The molecule has 2 aromatic carbocycles. The maximum absolute atomic E-state index is 12.1. The van der Waals surface area contributed by atoms with Gasteiger partial charge in [-0.15, -0.1) is 0 Å². The Morgan fingerprint density at radius 2 is 1.93 bits per heavy atom. The second-order valence-electron chi connectivity index (χ2n) is 7.16. The highest BCUT2D eigenvalue weighted by Gasteiger charge is 2.46. The van der Waals surface area contributed by atoms with Crippen LogP contribution in [0, 0.1) is 6.92 Å². The predicted octanol–water partition coefficient (Wildman–Crippen LogP) is 3.92. The van der Waals surface area contributed by atoms with Gasteiger partial charge < -0.3 is 4.90 Å². The molecule has 27 heavy (non-hydrogen) atoms. The lowest BCUT2D eigenvalue weighted by molar-refractivity contribution is 0.343. The highest BCUT2D eigenvalue weighted by atomic mass is 35.5. The van der Waals surface area contributed by atoms with E-state index in [9.17, 15) is 8.42 Å². The Labute approximate surface area is 169 Å². The van der Waals surface area contributed by atoms with Crippen LogP contribution in [0.15, 0.2) is 53.5 Å². The van der Waals surface area contributed by atoms with E-state index in [4.69, 9.17) is 16.6 Å². The van der Waals surface area contributed by atoms with E-state index in [1.807, 2.05) is 24.3 Å². The van der Waals surface area contributed by atoms with E-state index in [0.717, 1.165) is 16.5 Å². The Morgan fingerprint density at radius 1 is 1.15 bits per heavy atom. The Morgan fingerprint density at radius 3 is 2.67 bits per heavy atom. The first-order chi connectivity index (χ1) is 12.9. The molecule has 4 nitrogen and oxygen atoms in total. The number of aryl methyl sites for hydroxylation is 1. The van der Waals surface area contributed by atoms with Gasteiger partial charge in [0.15, 0.2) is 15.0 Å². The molecule has 0 N–H and O–H groups in total. The molecule has 2 aromatic rings. The molecule has 0 aromatic heterocycles. The molecule has 0 amide bonds. The predicted molar refractivity (Wildman–Crippen MR) is 113 cm³/mol. The molecule has 4 rings (SSSR count). The standard InChI is InChI=1S/C20H21ClN2O2S2/c1-14-3-2-4-16(9-14)11-26-20-22-18-12-27(24,25)13-19(18)23(20)10-15-5-7-17(21)8-6-15/h2-9,18-19H,10-13H2,1H3/t18-,19+/m1/s1. The molecule has 0 spiro atoms. The lowest BCUT2D eigenvalue weighted by Crippen LogP contribution is -2.38. The number of rotatable bonds is 4. The zero-order valence-electron chi connectivity index (χ0n) is 15.0. The average molecular weight is 421 g/mol. The number of benzene rings is 2. The second kappa shape index (κ2) is 7.49. The topological polar surface area (TPSA) is 49.7 Å². The van der Waals surface area contributed by atoms with Gasteiger partial charge in [0, 0.05) is 17.3 Å². The van der Waals surface area contributed by atoms with E-state index in [0.29, 0.717) is 11.6 Å². The van der Waals surface area contributed by atoms with E-state index in [1.54, 1.807) is 11.8 Å². The maximum Gasteiger partial charge on any atom is 0.160 e. The fourth-order valence-corrected chi connectivity index (χ4v) is 6.68. The third-order valence-electron chi connectivity index (χ3n) is 4.93. The minimum absolute atomic E-state index is 0.0642. The van der Waals surface area contributed by atoms with Gasteiger partial charge in [0.2, 0.25) is 0 Å². The number of amidine groups is 1. The number of hydrogen-bond acceptors (Lipinski definition) is 5. The third kappa shape index (κ3) is 4.33. The minimum atomic E-state index is -3.01. The molecular formula is C20H21ClN2O2S2. The van der Waals surface area contributed by atoms with Crippen molar-refractivity contribution in [2.24, 2.45) is 4.99 Å². The van der Waals surface area contributed by atoms with Crippen LogP contribution in [0.2, 0.25) is 5.02 Å². The SMILES string of the molecule is Cc1cccc(CSC2=N[C@@H]3CS(=O)(=O)C[C@@H]3N2Cc2ccc(Cl)cc2)c1. The molecule has 2 heterocycles. The number of sulfone groups is 1. The fourth-order valence-electron chi connectivity index (χ4n) is 3.63. The average Bonchev–Trinajstić information content (AvgIpc) is 3.07. The first-order valence-corrected chi connectivity index (χ1v) is 12.1. The van der Waals surface area contributed by atoms with Crippen molar-refractivity contribution >= 4 is 38.4 Å². The van der Waals surface area contributed by atoms with Gasteiger partial charge in [-0.1, -0.05) is 65.3 Å². The summed E-state index contributed by atoms with van der Waals surface area (Å²) in [5.74, 6) is 1.16. The Kier molecular flexibility index (Phi) is 5.23. The summed E-state index contributed by atoms with van der Waals surface area (Å²) in [4.78, 5) is 6.94. The molecule has 2 aliphatic rings.